The average molecular weight is 302 g/mol. The molecule has 2 rings (SSSR count). The highest BCUT2D eigenvalue weighted by Crippen LogP contribution is 2.35. The van der Waals surface area contributed by atoms with Crippen LogP contribution in [0.1, 0.15) is 59.1 Å². The van der Waals surface area contributed by atoms with Crippen molar-refractivity contribution in [1.82, 2.24) is 5.32 Å². The van der Waals surface area contributed by atoms with E-state index in [2.05, 4.69) is 65.1 Å². The number of benzene rings is 1. The minimum atomic E-state index is 0.0526. The van der Waals surface area contributed by atoms with Gasteiger partial charge in [-0.05, 0) is 40.5 Å². The van der Waals surface area contributed by atoms with Gasteiger partial charge in [-0.25, -0.2) is 0 Å². The predicted octanol–water partition coefficient (Wildman–Crippen LogP) is 3.82. The molecular formula is C19H30N2O. The van der Waals surface area contributed by atoms with Gasteiger partial charge in [-0.2, -0.15) is 0 Å². The molecule has 3 nitrogen and oxygen atoms in total. The number of nitrogens with two attached hydrogens (primary N) is 1. The van der Waals surface area contributed by atoms with Gasteiger partial charge in [0.05, 0.1) is 11.9 Å². The summed E-state index contributed by atoms with van der Waals surface area (Å²) in [5, 5.41) is 3.23. The lowest BCUT2D eigenvalue weighted by molar-refractivity contribution is 0.272. The number of hydrogen-bond acceptors (Lipinski definition) is 3. The van der Waals surface area contributed by atoms with Crippen LogP contribution in [0, 0.1) is 0 Å². The lowest BCUT2D eigenvalue weighted by atomic mass is 9.80. The van der Waals surface area contributed by atoms with Gasteiger partial charge in [0.1, 0.15) is 12.4 Å². The van der Waals surface area contributed by atoms with Crippen molar-refractivity contribution in [2.45, 2.75) is 64.8 Å². The summed E-state index contributed by atoms with van der Waals surface area (Å²) in [6.45, 7) is 14.1. The third-order valence-corrected chi connectivity index (χ3v) is 4.09. The first kappa shape index (κ1) is 16.7. The molecule has 1 heterocycles. The number of hydrogen-bond donors (Lipinski definition) is 2. The van der Waals surface area contributed by atoms with E-state index in [0.717, 1.165) is 18.0 Å². The highest BCUT2D eigenvalue weighted by molar-refractivity contribution is 5.43. The van der Waals surface area contributed by atoms with Gasteiger partial charge in [0.15, 0.2) is 0 Å². The molecule has 3 heteroatoms. The van der Waals surface area contributed by atoms with Crippen molar-refractivity contribution >= 4 is 0 Å². The molecule has 0 fully saturated rings. The molecule has 1 aliphatic rings. The molecule has 3 N–H and O–H groups in total. The zero-order chi connectivity index (χ0) is 16.5. The summed E-state index contributed by atoms with van der Waals surface area (Å²) in [5.41, 5.74) is 8.56. The van der Waals surface area contributed by atoms with Crippen LogP contribution in [0.25, 0.3) is 0 Å². The molecule has 0 radical (unpaired) electrons. The summed E-state index contributed by atoms with van der Waals surface area (Å²) >= 11 is 0. The number of nitrogens with one attached hydrogen (secondary N) is 1. The normalized spacial score (nSPS) is 18.8. The van der Waals surface area contributed by atoms with E-state index in [4.69, 9.17) is 10.5 Å². The Balaban J connectivity index is 2.19. The summed E-state index contributed by atoms with van der Waals surface area (Å²) in [5.74, 6) is 1.74. The van der Waals surface area contributed by atoms with Crippen molar-refractivity contribution in [2.24, 2.45) is 5.73 Å². The summed E-state index contributed by atoms with van der Waals surface area (Å²) in [4.78, 5) is 0. The number of ether oxygens (including phenoxy) is 1. The zero-order valence-corrected chi connectivity index (χ0v) is 14.8. The van der Waals surface area contributed by atoms with E-state index in [-0.39, 0.29) is 16.9 Å². The van der Waals surface area contributed by atoms with Gasteiger partial charge in [-0.15, -0.1) is 0 Å². The highest BCUT2D eigenvalue weighted by Gasteiger charge is 2.24. The van der Waals surface area contributed by atoms with E-state index in [1.165, 1.54) is 11.1 Å². The Morgan fingerprint density at radius 1 is 1.14 bits per heavy atom. The molecule has 0 spiro atoms. The minimum absolute atomic E-state index is 0.0526. The van der Waals surface area contributed by atoms with Crippen molar-refractivity contribution in [2.75, 3.05) is 6.61 Å². The van der Waals surface area contributed by atoms with Gasteiger partial charge >= 0.3 is 0 Å². The summed E-state index contributed by atoms with van der Waals surface area (Å²) < 4.78 is 6.11. The van der Waals surface area contributed by atoms with Gasteiger partial charge < -0.3 is 15.8 Å². The maximum Gasteiger partial charge on any atom is 0.123 e. The summed E-state index contributed by atoms with van der Waals surface area (Å²) in [6, 6.07) is 6.87. The van der Waals surface area contributed by atoms with Gasteiger partial charge in [0, 0.05) is 0 Å². The number of rotatable bonds is 3. The maximum absolute atomic E-state index is 6.11. The van der Waals surface area contributed by atoms with E-state index in [0.29, 0.717) is 6.61 Å². The zero-order valence-electron chi connectivity index (χ0n) is 14.8. The van der Waals surface area contributed by atoms with Crippen LogP contribution in [0.15, 0.2) is 30.1 Å². The van der Waals surface area contributed by atoms with Gasteiger partial charge in [0.25, 0.3) is 0 Å². The van der Waals surface area contributed by atoms with Crippen molar-refractivity contribution < 1.29 is 4.74 Å². The molecule has 22 heavy (non-hydrogen) atoms. The molecule has 1 aromatic rings. The van der Waals surface area contributed by atoms with Crippen LogP contribution in [0.4, 0.5) is 0 Å². The average Bonchev–Trinajstić information content (AvgIpc) is 2.80. The van der Waals surface area contributed by atoms with Crippen LogP contribution >= 0.6 is 0 Å². The van der Waals surface area contributed by atoms with Gasteiger partial charge in [0.2, 0.25) is 0 Å². The Hall–Kier alpha value is -1.64. The van der Waals surface area contributed by atoms with Crippen LogP contribution in [-0.2, 0) is 10.8 Å². The molecule has 0 saturated carbocycles. The van der Waals surface area contributed by atoms with Crippen molar-refractivity contribution in [3.8, 4) is 5.75 Å². The van der Waals surface area contributed by atoms with Crippen LogP contribution < -0.4 is 15.8 Å². The Kier molecular flexibility index (Phi) is 4.46. The molecule has 1 atom stereocenters. The van der Waals surface area contributed by atoms with Crippen LogP contribution in [0.3, 0.4) is 0 Å². The third-order valence-electron chi connectivity index (χ3n) is 4.09. The molecule has 0 aromatic heterocycles. The van der Waals surface area contributed by atoms with E-state index in [9.17, 15) is 0 Å². The van der Waals surface area contributed by atoms with E-state index in [1.54, 1.807) is 0 Å². The monoisotopic (exact) mass is 302 g/mol. The second-order valence-corrected chi connectivity index (χ2v) is 8.26. The molecule has 122 valence electrons. The molecule has 0 amide bonds. The van der Waals surface area contributed by atoms with E-state index in [1.807, 2.05) is 6.08 Å². The minimum Gasteiger partial charge on any atom is -0.491 e. The third kappa shape index (κ3) is 3.96. The standard InChI is InChI=1S/C19H30N2O/c1-18(2,3)13-7-9-16(15(11-13)19(4,5)6)22-12-14-8-10-17(20)21-14/h7,9-11,14,21H,8,12,20H2,1-6H3. The van der Waals surface area contributed by atoms with Gasteiger partial charge in [-0.3, -0.25) is 0 Å². The Bertz CT molecular complexity index is 562. The van der Waals surface area contributed by atoms with Crippen molar-refractivity contribution in [3.63, 3.8) is 0 Å². The smallest absolute Gasteiger partial charge is 0.123 e. The molecule has 1 aliphatic heterocycles. The quantitative estimate of drug-likeness (QED) is 0.892. The summed E-state index contributed by atoms with van der Waals surface area (Å²) in [6.07, 6.45) is 2.94. The largest absolute Gasteiger partial charge is 0.491 e. The van der Waals surface area contributed by atoms with Crippen molar-refractivity contribution in [3.05, 3.63) is 41.2 Å². The second-order valence-electron chi connectivity index (χ2n) is 8.26. The molecule has 0 saturated heterocycles. The van der Waals surface area contributed by atoms with Crippen molar-refractivity contribution in [1.29, 1.82) is 0 Å². The van der Waals surface area contributed by atoms with E-state index < -0.39 is 0 Å². The van der Waals surface area contributed by atoms with E-state index >= 15 is 0 Å². The fourth-order valence-corrected chi connectivity index (χ4v) is 2.63. The Labute approximate surface area is 134 Å². The lowest BCUT2D eigenvalue weighted by Gasteiger charge is -2.27. The molecule has 1 unspecified atom stereocenters. The first-order valence-corrected chi connectivity index (χ1v) is 8.07. The second kappa shape index (κ2) is 5.86. The molecule has 0 bridgehead atoms. The predicted molar refractivity (Wildman–Crippen MR) is 93.1 cm³/mol. The fourth-order valence-electron chi connectivity index (χ4n) is 2.63. The fraction of sp³-hybridized carbons (Fsp3) is 0.579. The maximum atomic E-state index is 6.11. The van der Waals surface area contributed by atoms with Crippen LogP contribution in [-0.4, -0.2) is 12.6 Å². The molecule has 0 aliphatic carbocycles. The van der Waals surface area contributed by atoms with Crippen LogP contribution in [0.5, 0.6) is 5.75 Å². The lowest BCUT2D eigenvalue weighted by Crippen LogP contribution is -2.32. The topological polar surface area (TPSA) is 47.3 Å². The SMILES string of the molecule is CC(C)(C)c1ccc(OCC2CC=C(N)N2)c(C(C)(C)C)c1. The van der Waals surface area contributed by atoms with Gasteiger partial charge in [-0.1, -0.05) is 53.7 Å². The summed E-state index contributed by atoms with van der Waals surface area (Å²) in [7, 11) is 0. The first-order chi connectivity index (χ1) is 10.1. The Morgan fingerprint density at radius 3 is 2.32 bits per heavy atom. The molecule has 1 aromatic carbocycles. The van der Waals surface area contributed by atoms with Crippen LogP contribution in [0.2, 0.25) is 0 Å². The highest BCUT2D eigenvalue weighted by atomic mass is 16.5. The Morgan fingerprint density at radius 2 is 1.82 bits per heavy atom. The first-order valence-electron chi connectivity index (χ1n) is 8.07. The molecular weight excluding hydrogens is 272 g/mol.